The van der Waals surface area contributed by atoms with Gasteiger partial charge < -0.3 is 10.2 Å². The number of hydrogen-bond acceptors (Lipinski definition) is 4. The van der Waals surface area contributed by atoms with Gasteiger partial charge in [0.1, 0.15) is 0 Å². The number of nitrogens with one attached hydrogen (secondary N) is 1. The van der Waals surface area contributed by atoms with Crippen molar-refractivity contribution in [3.63, 3.8) is 0 Å². The van der Waals surface area contributed by atoms with E-state index in [1.807, 2.05) is 6.08 Å². The summed E-state index contributed by atoms with van der Waals surface area (Å²) in [5, 5.41) is 4.09. The molecule has 7 heteroatoms. The second-order valence-electron chi connectivity index (χ2n) is 8.35. The van der Waals surface area contributed by atoms with Gasteiger partial charge >= 0.3 is 0 Å². The molecule has 2 aliphatic heterocycles. The molecule has 0 aliphatic carbocycles. The van der Waals surface area contributed by atoms with Gasteiger partial charge in [0.15, 0.2) is 5.17 Å². The molecule has 0 aromatic heterocycles. The van der Waals surface area contributed by atoms with Crippen LogP contribution < -0.4 is 10.2 Å². The summed E-state index contributed by atoms with van der Waals surface area (Å²) in [5.41, 5.74) is 4.23. The van der Waals surface area contributed by atoms with Crippen molar-refractivity contribution in [2.45, 2.75) is 38.6 Å². The molecular formula is C23H23Cl2N3OS. The van der Waals surface area contributed by atoms with Gasteiger partial charge in [-0.1, -0.05) is 42.3 Å². The zero-order chi connectivity index (χ0) is 21.6. The van der Waals surface area contributed by atoms with E-state index in [4.69, 9.17) is 23.2 Å². The summed E-state index contributed by atoms with van der Waals surface area (Å²) in [7, 11) is 2.15. The van der Waals surface area contributed by atoms with Crippen molar-refractivity contribution in [1.82, 2.24) is 5.32 Å². The van der Waals surface area contributed by atoms with Crippen LogP contribution in [0.4, 0.5) is 11.4 Å². The molecule has 1 atom stereocenters. The van der Waals surface area contributed by atoms with Crippen LogP contribution in [0.1, 0.15) is 44.2 Å². The first-order valence-corrected chi connectivity index (χ1v) is 11.3. The van der Waals surface area contributed by atoms with Crippen LogP contribution >= 0.6 is 35.0 Å². The van der Waals surface area contributed by atoms with Gasteiger partial charge in [-0.2, -0.15) is 0 Å². The predicted molar refractivity (Wildman–Crippen MR) is 129 cm³/mol. The molecule has 30 heavy (non-hydrogen) atoms. The van der Waals surface area contributed by atoms with E-state index in [0.29, 0.717) is 31.7 Å². The number of carbonyl (C=O) groups excluding carboxylic acids is 1. The first-order valence-electron chi connectivity index (χ1n) is 9.77. The number of amidine groups is 1. The largest absolute Gasteiger partial charge is 0.369 e. The Morgan fingerprint density at radius 2 is 2.03 bits per heavy atom. The quantitative estimate of drug-likeness (QED) is 0.513. The maximum Gasteiger partial charge on any atom is 0.264 e. The number of rotatable bonds is 2. The van der Waals surface area contributed by atoms with E-state index in [9.17, 15) is 4.79 Å². The molecule has 156 valence electrons. The number of aliphatic imine (C=N–C) groups is 1. The highest BCUT2D eigenvalue weighted by Crippen LogP contribution is 2.43. The molecule has 1 saturated heterocycles. The Bertz CT molecular complexity index is 1090. The second kappa shape index (κ2) is 7.95. The van der Waals surface area contributed by atoms with Gasteiger partial charge in [-0.3, -0.25) is 4.79 Å². The number of anilines is 1. The normalized spacial score (nSPS) is 23.1. The number of carbonyl (C=O) groups is 1. The Balaban J connectivity index is 1.62. The van der Waals surface area contributed by atoms with Crippen LogP contribution in [-0.4, -0.2) is 23.7 Å². The molecule has 1 N–H and O–H groups in total. The summed E-state index contributed by atoms with van der Waals surface area (Å²) >= 11 is 13.6. The Labute approximate surface area is 191 Å². The molecule has 1 amide bonds. The van der Waals surface area contributed by atoms with Crippen LogP contribution in [0.25, 0.3) is 6.08 Å². The number of hydrogen-bond donors (Lipinski definition) is 1. The molecule has 0 bridgehead atoms. The maximum absolute atomic E-state index is 12.5. The van der Waals surface area contributed by atoms with Crippen molar-refractivity contribution in [2.24, 2.45) is 4.99 Å². The minimum absolute atomic E-state index is 0.126. The molecule has 4 rings (SSSR count). The lowest BCUT2D eigenvalue weighted by Gasteiger charge is -2.45. The fraction of sp³-hybridized carbons (Fsp3) is 0.304. The molecule has 2 aromatic rings. The third-order valence-electron chi connectivity index (χ3n) is 5.76. The highest BCUT2D eigenvalue weighted by molar-refractivity contribution is 8.18. The third-order valence-corrected chi connectivity index (χ3v) is 7.48. The fourth-order valence-corrected chi connectivity index (χ4v) is 5.18. The van der Waals surface area contributed by atoms with E-state index in [1.165, 1.54) is 23.0 Å². The Morgan fingerprint density at radius 3 is 2.80 bits per heavy atom. The van der Waals surface area contributed by atoms with Gasteiger partial charge in [-0.15, -0.1) is 0 Å². The van der Waals surface area contributed by atoms with E-state index >= 15 is 0 Å². The average Bonchev–Trinajstić information content (AvgIpc) is 3.02. The molecule has 2 aliphatic rings. The highest BCUT2D eigenvalue weighted by Gasteiger charge is 2.34. The first-order chi connectivity index (χ1) is 14.2. The van der Waals surface area contributed by atoms with E-state index in [2.05, 4.69) is 61.2 Å². The topological polar surface area (TPSA) is 44.7 Å². The molecule has 0 spiro atoms. The fourth-order valence-electron chi connectivity index (χ4n) is 4.01. The van der Waals surface area contributed by atoms with Gasteiger partial charge in [-0.05, 0) is 79.4 Å². The molecule has 2 heterocycles. The molecule has 1 unspecified atom stereocenters. The summed E-state index contributed by atoms with van der Waals surface area (Å²) in [6.45, 7) is 6.81. The maximum atomic E-state index is 12.5. The van der Waals surface area contributed by atoms with Crippen molar-refractivity contribution < 1.29 is 4.79 Å². The SMILES string of the molecule is CC1CC(C)(C)N(C)c2ccc(/C=C3\SC(=Nc4cccc(Cl)c4Cl)NC3=O)cc21. The Morgan fingerprint density at radius 1 is 1.27 bits per heavy atom. The number of fused-ring (bicyclic) bond motifs is 1. The summed E-state index contributed by atoms with van der Waals surface area (Å²) in [6, 6.07) is 11.6. The lowest BCUT2D eigenvalue weighted by atomic mass is 9.80. The van der Waals surface area contributed by atoms with Gasteiger partial charge in [0.2, 0.25) is 0 Å². The van der Waals surface area contributed by atoms with Crippen LogP contribution in [0.15, 0.2) is 46.3 Å². The average molecular weight is 460 g/mol. The van der Waals surface area contributed by atoms with Crippen molar-refractivity contribution >= 4 is 63.5 Å². The minimum atomic E-state index is -0.166. The lowest BCUT2D eigenvalue weighted by Crippen LogP contribution is -2.45. The molecule has 0 saturated carbocycles. The standard InChI is InChI=1S/C23H23Cl2N3OS/c1-13-12-23(2,3)28(4)18-9-8-14(10-15(13)18)11-19-21(29)27-22(30-19)26-17-7-5-6-16(24)20(17)25/h5-11,13H,12H2,1-4H3,(H,26,27,29)/b19-11-. The monoisotopic (exact) mass is 459 g/mol. The third kappa shape index (κ3) is 3.98. The van der Waals surface area contributed by atoms with Crippen LogP contribution in [0, 0.1) is 0 Å². The number of amides is 1. The van der Waals surface area contributed by atoms with E-state index in [1.54, 1.807) is 18.2 Å². The molecule has 0 radical (unpaired) electrons. The molecule has 1 fully saturated rings. The van der Waals surface area contributed by atoms with Crippen LogP contribution in [-0.2, 0) is 4.79 Å². The van der Waals surface area contributed by atoms with Crippen molar-refractivity contribution in [1.29, 1.82) is 0 Å². The van der Waals surface area contributed by atoms with Crippen LogP contribution in [0.3, 0.4) is 0 Å². The van der Waals surface area contributed by atoms with Crippen molar-refractivity contribution in [2.75, 3.05) is 11.9 Å². The lowest BCUT2D eigenvalue weighted by molar-refractivity contribution is -0.115. The van der Waals surface area contributed by atoms with E-state index < -0.39 is 0 Å². The smallest absolute Gasteiger partial charge is 0.264 e. The number of thioether (sulfide) groups is 1. The number of benzene rings is 2. The first kappa shape index (κ1) is 21.3. The van der Waals surface area contributed by atoms with Crippen molar-refractivity contribution in [3.8, 4) is 0 Å². The van der Waals surface area contributed by atoms with Crippen LogP contribution in [0.2, 0.25) is 10.0 Å². The van der Waals surface area contributed by atoms with Gasteiger partial charge in [0, 0.05) is 18.3 Å². The number of halogens is 2. The van der Waals surface area contributed by atoms with E-state index in [0.717, 1.165) is 12.0 Å². The van der Waals surface area contributed by atoms with Crippen LogP contribution in [0.5, 0.6) is 0 Å². The zero-order valence-electron chi connectivity index (χ0n) is 17.3. The molecular weight excluding hydrogens is 437 g/mol. The highest BCUT2D eigenvalue weighted by atomic mass is 35.5. The summed E-state index contributed by atoms with van der Waals surface area (Å²) in [5.74, 6) is 0.289. The predicted octanol–water partition coefficient (Wildman–Crippen LogP) is 6.61. The molecule has 4 nitrogen and oxygen atoms in total. The van der Waals surface area contributed by atoms with Gasteiger partial charge in [0.05, 0.1) is 20.6 Å². The van der Waals surface area contributed by atoms with Crippen molar-refractivity contribution in [3.05, 3.63) is 62.5 Å². The van der Waals surface area contributed by atoms with E-state index in [-0.39, 0.29) is 11.4 Å². The van der Waals surface area contributed by atoms with Gasteiger partial charge in [-0.25, -0.2) is 4.99 Å². The van der Waals surface area contributed by atoms with Gasteiger partial charge in [0.25, 0.3) is 5.91 Å². The Kier molecular flexibility index (Phi) is 5.64. The summed E-state index contributed by atoms with van der Waals surface area (Å²) in [6.07, 6.45) is 3.00. The Hall–Kier alpha value is -1.95. The minimum Gasteiger partial charge on any atom is -0.369 e. The zero-order valence-corrected chi connectivity index (χ0v) is 19.6. The molecule has 2 aromatic carbocycles. The second-order valence-corrected chi connectivity index (χ2v) is 10.2. The summed E-state index contributed by atoms with van der Waals surface area (Å²) < 4.78 is 0. The summed E-state index contributed by atoms with van der Waals surface area (Å²) in [4.78, 5) is 19.9. The number of nitrogens with zero attached hydrogens (tertiary/aromatic N) is 2.